The Morgan fingerprint density at radius 1 is 1.47 bits per heavy atom. The fraction of sp³-hybridized carbons (Fsp3) is 0.500. The van der Waals surface area contributed by atoms with Gasteiger partial charge < -0.3 is 10.4 Å². The summed E-state index contributed by atoms with van der Waals surface area (Å²) in [4.78, 5) is 4.40. The molecule has 0 radical (unpaired) electrons. The number of anilines is 1. The molecule has 0 spiro atoms. The molecule has 1 aliphatic rings. The van der Waals surface area contributed by atoms with Crippen molar-refractivity contribution in [3.05, 3.63) is 23.9 Å². The number of nitrogens with zero attached hydrogens (tertiary/aromatic N) is 3. The Kier molecular flexibility index (Phi) is 2.29. The Labute approximate surface area is 99.5 Å². The zero-order chi connectivity index (χ0) is 11.9. The predicted octanol–water partition coefficient (Wildman–Crippen LogP) is 1.36. The van der Waals surface area contributed by atoms with E-state index >= 15 is 0 Å². The number of hydrogen-bond acceptors (Lipinski definition) is 4. The van der Waals surface area contributed by atoms with Crippen molar-refractivity contribution in [1.29, 1.82) is 0 Å². The summed E-state index contributed by atoms with van der Waals surface area (Å²) in [6.07, 6.45) is 5.07. The number of aryl methyl sites for hydroxylation is 1. The highest BCUT2D eigenvalue weighted by Crippen LogP contribution is 2.34. The monoisotopic (exact) mass is 232 g/mol. The summed E-state index contributed by atoms with van der Waals surface area (Å²) in [6.45, 7) is 2.16. The lowest BCUT2D eigenvalue weighted by atomic mass is 9.77. The number of rotatable bonds is 3. The van der Waals surface area contributed by atoms with Gasteiger partial charge in [0.15, 0.2) is 5.65 Å². The van der Waals surface area contributed by atoms with Crippen LogP contribution in [0.5, 0.6) is 0 Å². The third-order valence-corrected chi connectivity index (χ3v) is 3.47. The van der Waals surface area contributed by atoms with Crippen molar-refractivity contribution in [2.75, 3.05) is 11.9 Å². The molecule has 0 saturated heterocycles. The van der Waals surface area contributed by atoms with Gasteiger partial charge in [0.1, 0.15) is 0 Å². The fourth-order valence-corrected chi connectivity index (χ4v) is 2.20. The van der Waals surface area contributed by atoms with Gasteiger partial charge in [0, 0.05) is 6.20 Å². The van der Waals surface area contributed by atoms with Crippen molar-refractivity contribution < 1.29 is 5.11 Å². The van der Waals surface area contributed by atoms with Crippen LogP contribution in [0.15, 0.2) is 18.3 Å². The zero-order valence-corrected chi connectivity index (χ0v) is 9.85. The van der Waals surface area contributed by atoms with Crippen LogP contribution in [-0.2, 0) is 0 Å². The minimum Gasteiger partial charge on any atom is -0.394 e. The van der Waals surface area contributed by atoms with Crippen molar-refractivity contribution in [3.63, 3.8) is 0 Å². The smallest absolute Gasteiger partial charge is 0.243 e. The molecule has 1 fully saturated rings. The second-order valence-electron chi connectivity index (χ2n) is 4.86. The molecule has 2 heterocycles. The predicted molar refractivity (Wildman–Crippen MR) is 65.0 cm³/mol. The number of pyridine rings is 1. The van der Waals surface area contributed by atoms with E-state index in [2.05, 4.69) is 15.4 Å². The number of nitrogens with one attached hydrogen (secondary N) is 1. The third kappa shape index (κ3) is 1.76. The van der Waals surface area contributed by atoms with E-state index in [1.54, 1.807) is 4.52 Å². The molecule has 2 aromatic rings. The first-order chi connectivity index (χ1) is 8.21. The number of aliphatic hydroxyl groups excluding tert-OH is 1. The van der Waals surface area contributed by atoms with Crippen LogP contribution >= 0.6 is 0 Å². The molecule has 2 N–H and O–H groups in total. The van der Waals surface area contributed by atoms with Gasteiger partial charge in [0.2, 0.25) is 5.95 Å². The van der Waals surface area contributed by atoms with E-state index < -0.39 is 0 Å². The van der Waals surface area contributed by atoms with Crippen LogP contribution in [0.2, 0.25) is 0 Å². The maximum absolute atomic E-state index is 9.39. The van der Waals surface area contributed by atoms with Gasteiger partial charge in [-0.05, 0) is 37.8 Å². The Morgan fingerprint density at radius 3 is 2.94 bits per heavy atom. The molecular formula is C12H16N4O. The molecule has 0 atom stereocenters. The van der Waals surface area contributed by atoms with Gasteiger partial charge in [-0.15, -0.1) is 5.10 Å². The summed E-state index contributed by atoms with van der Waals surface area (Å²) >= 11 is 0. The highest BCUT2D eigenvalue weighted by molar-refractivity contribution is 5.45. The van der Waals surface area contributed by atoms with Crippen LogP contribution in [0, 0.1) is 6.92 Å². The van der Waals surface area contributed by atoms with Crippen molar-refractivity contribution in [3.8, 4) is 0 Å². The molecule has 17 heavy (non-hydrogen) atoms. The highest BCUT2D eigenvalue weighted by Gasteiger charge is 2.37. The molecule has 1 saturated carbocycles. The second-order valence-corrected chi connectivity index (χ2v) is 4.86. The molecule has 90 valence electrons. The molecule has 1 aliphatic carbocycles. The standard InChI is InChI=1S/C12H16N4O/c1-9-3-4-10-13-11(15-16(10)7-9)14-12(8-17)5-2-6-12/h3-4,7,17H,2,5-6,8H2,1H3,(H,14,15). The van der Waals surface area contributed by atoms with Gasteiger partial charge in [-0.3, -0.25) is 0 Å². The number of hydrogen-bond donors (Lipinski definition) is 2. The molecule has 0 aromatic carbocycles. The summed E-state index contributed by atoms with van der Waals surface area (Å²) in [5.41, 5.74) is 1.78. The molecule has 0 bridgehead atoms. The van der Waals surface area contributed by atoms with E-state index in [9.17, 15) is 5.11 Å². The first-order valence-electron chi connectivity index (χ1n) is 5.93. The zero-order valence-electron chi connectivity index (χ0n) is 9.85. The molecule has 2 aromatic heterocycles. The van der Waals surface area contributed by atoms with Crippen LogP contribution in [-0.4, -0.2) is 31.9 Å². The van der Waals surface area contributed by atoms with Crippen LogP contribution < -0.4 is 5.32 Å². The molecule has 0 aliphatic heterocycles. The number of aromatic nitrogens is 3. The van der Waals surface area contributed by atoms with Gasteiger partial charge in [-0.2, -0.15) is 4.98 Å². The normalized spacial score (nSPS) is 18.0. The van der Waals surface area contributed by atoms with E-state index in [0.717, 1.165) is 30.5 Å². The summed E-state index contributed by atoms with van der Waals surface area (Å²) in [7, 11) is 0. The average Bonchev–Trinajstić information content (AvgIpc) is 2.65. The van der Waals surface area contributed by atoms with E-state index in [-0.39, 0.29) is 12.1 Å². The minimum atomic E-state index is -0.194. The summed E-state index contributed by atoms with van der Waals surface area (Å²) < 4.78 is 1.77. The van der Waals surface area contributed by atoms with Crippen molar-refractivity contribution in [2.45, 2.75) is 31.7 Å². The first kappa shape index (κ1) is 10.5. The summed E-state index contributed by atoms with van der Waals surface area (Å²) in [5.74, 6) is 0.601. The lowest BCUT2D eigenvalue weighted by molar-refractivity contribution is 0.143. The van der Waals surface area contributed by atoms with Crippen LogP contribution in [0.4, 0.5) is 5.95 Å². The summed E-state index contributed by atoms with van der Waals surface area (Å²) in [5, 5.41) is 17.0. The lowest BCUT2D eigenvalue weighted by Gasteiger charge is -2.40. The van der Waals surface area contributed by atoms with Gasteiger partial charge in [0.25, 0.3) is 0 Å². The molecule has 3 rings (SSSR count). The lowest BCUT2D eigenvalue weighted by Crippen LogP contribution is -2.48. The van der Waals surface area contributed by atoms with E-state index in [4.69, 9.17) is 0 Å². The Hall–Kier alpha value is -1.62. The van der Waals surface area contributed by atoms with Crippen LogP contribution in [0.1, 0.15) is 24.8 Å². The van der Waals surface area contributed by atoms with Crippen LogP contribution in [0.25, 0.3) is 5.65 Å². The Morgan fingerprint density at radius 2 is 2.29 bits per heavy atom. The Balaban J connectivity index is 1.90. The molecule has 5 heteroatoms. The van der Waals surface area contributed by atoms with E-state index in [1.807, 2.05) is 25.3 Å². The van der Waals surface area contributed by atoms with Gasteiger partial charge in [-0.1, -0.05) is 6.07 Å². The molecule has 0 unspecified atom stereocenters. The van der Waals surface area contributed by atoms with Crippen molar-refractivity contribution in [1.82, 2.24) is 14.6 Å². The first-order valence-corrected chi connectivity index (χ1v) is 5.93. The highest BCUT2D eigenvalue weighted by atomic mass is 16.3. The van der Waals surface area contributed by atoms with Gasteiger partial charge in [0.05, 0.1) is 12.1 Å². The minimum absolute atomic E-state index is 0.140. The van der Waals surface area contributed by atoms with Gasteiger partial charge in [-0.25, -0.2) is 4.52 Å². The Bertz CT molecular complexity index is 539. The number of fused-ring (bicyclic) bond motifs is 1. The van der Waals surface area contributed by atoms with Crippen molar-refractivity contribution >= 4 is 11.6 Å². The fourth-order valence-electron chi connectivity index (χ4n) is 2.20. The second kappa shape index (κ2) is 3.70. The topological polar surface area (TPSA) is 62.5 Å². The molecule has 5 nitrogen and oxygen atoms in total. The van der Waals surface area contributed by atoms with Crippen LogP contribution in [0.3, 0.4) is 0 Å². The third-order valence-electron chi connectivity index (χ3n) is 3.47. The average molecular weight is 232 g/mol. The molecular weight excluding hydrogens is 216 g/mol. The quantitative estimate of drug-likeness (QED) is 0.839. The number of aliphatic hydroxyl groups is 1. The maximum atomic E-state index is 9.39. The van der Waals surface area contributed by atoms with Gasteiger partial charge >= 0.3 is 0 Å². The summed E-state index contributed by atoms with van der Waals surface area (Å²) in [6, 6.07) is 3.96. The largest absolute Gasteiger partial charge is 0.394 e. The van der Waals surface area contributed by atoms with E-state index in [0.29, 0.717) is 5.95 Å². The SMILES string of the molecule is Cc1ccc2nc(NC3(CO)CCC3)nn2c1. The van der Waals surface area contributed by atoms with E-state index in [1.165, 1.54) is 0 Å². The van der Waals surface area contributed by atoms with Crippen molar-refractivity contribution in [2.24, 2.45) is 0 Å². The maximum Gasteiger partial charge on any atom is 0.243 e. The molecule has 0 amide bonds.